The molecule has 4 heteroatoms. The van der Waals surface area contributed by atoms with Crippen molar-refractivity contribution in [2.24, 2.45) is 0 Å². The van der Waals surface area contributed by atoms with Crippen molar-refractivity contribution in [3.05, 3.63) is 54.1 Å². The Morgan fingerprint density at radius 3 is 2.39 bits per heavy atom. The number of hydrogen-bond donors (Lipinski definition) is 2. The third kappa shape index (κ3) is 3.52. The predicted molar refractivity (Wildman–Crippen MR) is 74.0 cm³/mol. The van der Waals surface area contributed by atoms with Crippen LogP contribution in [0.15, 0.2) is 48.5 Å². The zero-order chi connectivity index (χ0) is 12.8. The van der Waals surface area contributed by atoms with Gasteiger partial charge in [-0.3, -0.25) is 0 Å². The fourth-order valence-electron chi connectivity index (χ4n) is 1.52. The second-order valence-electron chi connectivity index (χ2n) is 3.78. The summed E-state index contributed by atoms with van der Waals surface area (Å²) in [6.07, 6.45) is 3.93. The molecule has 4 N–H and O–H groups in total. The number of ether oxygens (including phenoxy) is 1. The number of rotatable bonds is 4. The highest BCUT2D eigenvalue weighted by molar-refractivity contribution is 5.49. The van der Waals surface area contributed by atoms with Crippen LogP contribution < -0.4 is 16.2 Å². The molecule has 0 spiro atoms. The van der Waals surface area contributed by atoms with Crippen LogP contribution in [0.5, 0.6) is 5.75 Å². The van der Waals surface area contributed by atoms with Crippen molar-refractivity contribution >= 4 is 17.7 Å². The van der Waals surface area contributed by atoms with E-state index in [0.29, 0.717) is 24.0 Å². The van der Waals surface area contributed by atoms with E-state index in [1.165, 1.54) is 0 Å². The molecule has 1 aromatic carbocycles. The van der Waals surface area contributed by atoms with Crippen LogP contribution >= 0.6 is 0 Å². The van der Waals surface area contributed by atoms with E-state index in [1.807, 2.05) is 42.5 Å². The van der Waals surface area contributed by atoms with Gasteiger partial charge >= 0.3 is 0 Å². The molecule has 0 radical (unpaired) electrons. The topological polar surface area (TPSA) is 74.2 Å². The van der Waals surface area contributed by atoms with Gasteiger partial charge in [0.15, 0.2) is 0 Å². The summed E-state index contributed by atoms with van der Waals surface area (Å²) in [5, 5.41) is 0. The van der Waals surface area contributed by atoms with Crippen molar-refractivity contribution in [3.8, 4) is 5.75 Å². The predicted octanol–water partition coefficient (Wildman–Crippen LogP) is 2.34. The van der Waals surface area contributed by atoms with Crippen LogP contribution in [0.2, 0.25) is 0 Å². The minimum absolute atomic E-state index is 0.358. The summed E-state index contributed by atoms with van der Waals surface area (Å²) < 4.78 is 5.50. The van der Waals surface area contributed by atoms with Crippen LogP contribution in [0, 0.1) is 0 Å². The lowest BCUT2D eigenvalue weighted by Gasteiger charge is -2.04. The third-order valence-corrected chi connectivity index (χ3v) is 2.29. The summed E-state index contributed by atoms with van der Waals surface area (Å²) in [4.78, 5) is 3.87. The van der Waals surface area contributed by atoms with Gasteiger partial charge in [-0.05, 0) is 11.6 Å². The Kier molecular flexibility index (Phi) is 3.81. The smallest absolute Gasteiger partial charge is 0.129 e. The molecule has 0 atom stereocenters. The number of nitrogens with zero attached hydrogens (tertiary/aromatic N) is 1. The van der Waals surface area contributed by atoms with Gasteiger partial charge in [0.25, 0.3) is 0 Å². The van der Waals surface area contributed by atoms with Crippen molar-refractivity contribution in [2.45, 2.75) is 0 Å². The molecule has 0 unspecified atom stereocenters. The van der Waals surface area contributed by atoms with Crippen LogP contribution in [0.25, 0.3) is 6.08 Å². The molecule has 0 bridgehead atoms. The average Bonchev–Trinajstić information content (AvgIpc) is 2.35. The monoisotopic (exact) mass is 241 g/mol. The Balaban J connectivity index is 1.90. The van der Waals surface area contributed by atoms with Crippen molar-refractivity contribution in [1.82, 2.24) is 4.98 Å². The average molecular weight is 241 g/mol. The molecule has 0 fully saturated rings. The summed E-state index contributed by atoms with van der Waals surface area (Å²) in [5.74, 6) is 1.34. The summed E-state index contributed by atoms with van der Waals surface area (Å²) in [7, 11) is 0. The van der Waals surface area contributed by atoms with Gasteiger partial charge in [-0.1, -0.05) is 36.4 Å². The van der Waals surface area contributed by atoms with Crippen molar-refractivity contribution < 1.29 is 4.74 Å². The molecule has 1 heterocycles. The Morgan fingerprint density at radius 2 is 1.72 bits per heavy atom. The zero-order valence-corrected chi connectivity index (χ0v) is 9.91. The first kappa shape index (κ1) is 12.0. The molecule has 0 saturated heterocycles. The van der Waals surface area contributed by atoms with E-state index in [-0.39, 0.29) is 0 Å². The second-order valence-corrected chi connectivity index (χ2v) is 3.78. The maximum Gasteiger partial charge on any atom is 0.129 e. The van der Waals surface area contributed by atoms with Crippen molar-refractivity contribution in [3.63, 3.8) is 0 Å². The van der Waals surface area contributed by atoms with E-state index in [1.54, 1.807) is 12.1 Å². The Bertz CT molecular complexity index is 518. The lowest BCUT2D eigenvalue weighted by atomic mass is 10.2. The molecule has 0 saturated carbocycles. The molecule has 92 valence electrons. The lowest BCUT2D eigenvalue weighted by Crippen LogP contribution is -1.99. The normalized spacial score (nSPS) is 10.7. The summed E-state index contributed by atoms with van der Waals surface area (Å²) in [6.45, 7) is 0.456. The molecular weight excluding hydrogens is 226 g/mol. The lowest BCUT2D eigenvalue weighted by molar-refractivity contribution is 0.363. The molecule has 18 heavy (non-hydrogen) atoms. The van der Waals surface area contributed by atoms with Crippen LogP contribution in [0.1, 0.15) is 5.56 Å². The number of nitrogens with two attached hydrogens (primary N) is 2. The zero-order valence-electron chi connectivity index (χ0n) is 9.91. The number of anilines is 2. The molecule has 0 aliphatic rings. The first-order chi connectivity index (χ1) is 8.74. The summed E-state index contributed by atoms with van der Waals surface area (Å²) in [5.41, 5.74) is 12.3. The molecular formula is C14H15N3O. The fourth-order valence-corrected chi connectivity index (χ4v) is 1.52. The first-order valence-corrected chi connectivity index (χ1v) is 5.61. The largest absolute Gasteiger partial charge is 0.489 e. The maximum atomic E-state index is 5.57. The van der Waals surface area contributed by atoms with E-state index in [4.69, 9.17) is 16.2 Å². The molecule has 0 aliphatic carbocycles. The van der Waals surface area contributed by atoms with Crippen LogP contribution in [0.3, 0.4) is 0 Å². The fraction of sp³-hybridized carbons (Fsp3) is 0.0714. The molecule has 0 amide bonds. The van der Waals surface area contributed by atoms with E-state index in [2.05, 4.69) is 4.98 Å². The van der Waals surface area contributed by atoms with Crippen molar-refractivity contribution in [2.75, 3.05) is 18.1 Å². The number of benzene rings is 1. The standard InChI is InChI=1S/C14H15N3O/c15-13-9-12(10-14(16)17-13)18-8-4-7-11-5-2-1-3-6-11/h1-7,9-10H,8H2,(H4,15,16,17)/b7-4+. The highest BCUT2D eigenvalue weighted by Gasteiger charge is 1.97. The first-order valence-electron chi connectivity index (χ1n) is 5.61. The van der Waals surface area contributed by atoms with Crippen LogP contribution in [-0.2, 0) is 0 Å². The van der Waals surface area contributed by atoms with E-state index >= 15 is 0 Å². The summed E-state index contributed by atoms with van der Waals surface area (Å²) in [6, 6.07) is 13.3. The van der Waals surface area contributed by atoms with Gasteiger partial charge in [0.1, 0.15) is 24.0 Å². The SMILES string of the molecule is Nc1cc(OC/C=C/c2ccccc2)cc(N)n1. The Labute approximate surface area is 106 Å². The number of pyridine rings is 1. The van der Waals surface area contributed by atoms with Gasteiger partial charge in [0.05, 0.1) is 0 Å². The van der Waals surface area contributed by atoms with E-state index in [9.17, 15) is 0 Å². The second kappa shape index (κ2) is 5.72. The summed E-state index contributed by atoms with van der Waals surface area (Å²) >= 11 is 0. The van der Waals surface area contributed by atoms with E-state index in [0.717, 1.165) is 5.56 Å². The van der Waals surface area contributed by atoms with Gasteiger partial charge in [0, 0.05) is 12.1 Å². The van der Waals surface area contributed by atoms with Crippen LogP contribution in [-0.4, -0.2) is 11.6 Å². The van der Waals surface area contributed by atoms with Gasteiger partial charge < -0.3 is 16.2 Å². The third-order valence-electron chi connectivity index (χ3n) is 2.29. The number of hydrogen-bond acceptors (Lipinski definition) is 4. The van der Waals surface area contributed by atoms with Crippen molar-refractivity contribution in [1.29, 1.82) is 0 Å². The Hall–Kier alpha value is -2.49. The number of aromatic nitrogens is 1. The van der Waals surface area contributed by atoms with Gasteiger partial charge in [-0.25, -0.2) is 4.98 Å². The highest BCUT2D eigenvalue weighted by atomic mass is 16.5. The van der Waals surface area contributed by atoms with E-state index < -0.39 is 0 Å². The van der Waals surface area contributed by atoms with Gasteiger partial charge in [-0.15, -0.1) is 0 Å². The molecule has 2 aromatic rings. The minimum atomic E-state index is 0.358. The minimum Gasteiger partial charge on any atom is -0.489 e. The van der Waals surface area contributed by atoms with Crippen LogP contribution in [0.4, 0.5) is 11.6 Å². The molecule has 0 aliphatic heterocycles. The Morgan fingerprint density at radius 1 is 1.06 bits per heavy atom. The molecule has 2 rings (SSSR count). The number of nitrogen functional groups attached to an aromatic ring is 2. The van der Waals surface area contributed by atoms with Gasteiger partial charge in [-0.2, -0.15) is 0 Å². The highest BCUT2D eigenvalue weighted by Crippen LogP contribution is 2.16. The van der Waals surface area contributed by atoms with Gasteiger partial charge in [0.2, 0.25) is 0 Å². The molecule has 1 aromatic heterocycles. The maximum absolute atomic E-state index is 5.57. The molecule has 4 nitrogen and oxygen atoms in total. The quantitative estimate of drug-likeness (QED) is 0.861.